The smallest absolute Gasteiger partial charge is 0.265 e. The van der Waals surface area contributed by atoms with Gasteiger partial charge < -0.3 is 4.90 Å². The van der Waals surface area contributed by atoms with Gasteiger partial charge in [-0.2, -0.15) is 5.10 Å². The second kappa shape index (κ2) is 10.3. The summed E-state index contributed by atoms with van der Waals surface area (Å²) in [6.07, 6.45) is 1.82. The van der Waals surface area contributed by atoms with E-state index < -0.39 is 0 Å². The van der Waals surface area contributed by atoms with Crippen LogP contribution in [0.5, 0.6) is 0 Å². The minimum atomic E-state index is -0.261. The van der Waals surface area contributed by atoms with Crippen molar-refractivity contribution in [2.45, 2.75) is 37.6 Å². The highest BCUT2D eigenvalue weighted by Gasteiger charge is 2.31. The van der Waals surface area contributed by atoms with Gasteiger partial charge in [0.2, 0.25) is 5.91 Å². The van der Waals surface area contributed by atoms with Crippen LogP contribution in [0.15, 0.2) is 101 Å². The number of aromatic nitrogens is 4. The van der Waals surface area contributed by atoms with Crippen LogP contribution < -0.4 is 5.56 Å². The first-order chi connectivity index (χ1) is 18.6. The number of aryl methyl sites for hydroxylation is 1. The Morgan fingerprint density at radius 2 is 1.66 bits per heavy atom. The highest BCUT2D eigenvalue weighted by atomic mass is 32.2. The van der Waals surface area contributed by atoms with Crippen molar-refractivity contribution in [3.05, 3.63) is 118 Å². The average molecular weight is 522 g/mol. The van der Waals surface area contributed by atoms with Gasteiger partial charge in [-0.3, -0.25) is 14.2 Å². The molecule has 0 spiro atoms. The van der Waals surface area contributed by atoms with Crippen LogP contribution >= 0.6 is 11.8 Å². The average Bonchev–Trinajstić information content (AvgIpc) is 3.54. The third-order valence-electron chi connectivity index (χ3n) is 6.81. The van der Waals surface area contributed by atoms with Crippen molar-refractivity contribution in [3.63, 3.8) is 0 Å². The summed E-state index contributed by atoms with van der Waals surface area (Å²) in [5, 5.41) is 5.56. The molecule has 6 rings (SSSR count). The topological polar surface area (TPSA) is 73.0 Å². The molecule has 3 heterocycles. The van der Waals surface area contributed by atoms with E-state index in [4.69, 9.17) is 4.98 Å². The van der Waals surface area contributed by atoms with E-state index in [1.165, 1.54) is 11.8 Å². The molecule has 0 bridgehead atoms. The second-order valence-corrected chi connectivity index (χ2v) is 10.6. The summed E-state index contributed by atoms with van der Waals surface area (Å²) in [4.78, 5) is 34.0. The van der Waals surface area contributed by atoms with Crippen molar-refractivity contribution >= 4 is 28.7 Å². The Balaban J connectivity index is 1.29. The normalized spacial score (nSPS) is 14.5. The number of hydrogen-bond donors (Lipinski definition) is 0. The summed E-state index contributed by atoms with van der Waals surface area (Å²) in [6, 6.07) is 27.7. The zero-order chi connectivity index (χ0) is 26.1. The second-order valence-electron chi connectivity index (χ2n) is 9.59. The molecule has 1 aliphatic rings. The molecular formula is C30H27N5O2S. The summed E-state index contributed by atoms with van der Waals surface area (Å²) in [5.41, 5.74) is 4.51. The molecule has 1 amide bonds. The molecule has 1 aliphatic heterocycles. The minimum absolute atomic E-state index is 0.0126. The molecule has 0 fully saturated rings. The number of rotatable bonds is 7. The van der Waals surface area contributed by atoms with Gasteiger partial charge in [0.15, 0.2) is 10.8 Å². The zero-order valence-electron chi connectivity index (χ0n) is 21.0. The van der Waals surface area contributed by atoms with E-state index in [0.717, 1.165) is 22.4 Å². The Morgan fingerprint density at radius 3 is 2.32 bits per heavy atom. The maximum absolute atomic E-state index is 13.7. The summed E-state index contributed by atoms with van der Waals surface area (Å²) < 4.78 is 3.40. The molecule has 1 unspecified atom stereocenters. The van der Waals surface area contributed by atoms with E-state index >= 15 is 0 Å². The fourth-order valence-corrected chi connectivity index (χ4v) is 6.03. The van der Waals surface area contributed by atoms with E-state index in [1.807, 2.05) is 96.8 Å². The monoisotopic (exact) mass is 521 g/mol. The number of carbonyl (C=O) groups is 1. The van der Waals surface area contributed by atoms with Crippen LogP contribution in [0.2, 0.25) is 0 Å². The summed E-state index contributed by atoms with van der Waals surface area (Å²) in [7, 11) is 0. The number of nitrogens with zero attached hydrogens (tertiary/aromatic N) is 5. The van der Waals surface area contributed by atoms with Gasteiger partial charge in [0, 0.05) is 25.3 Å². The van der Waals surface area contributed by atoms with E-state index in [-0.39, 0.29) is 23.9 Å². The SMILES string of the molecule is Cc1cccc(-n2ncc3c(=O)n4c(nc32)SCC4CC(=O)N(Cc2ccccc2)Cc2ccccc2)c1. The number of benzene rings is 3. The van der Waals surface area contributed by atoms with Gasteiger partial charge in [0.1, 0.15) is 5.39 Å². The van der Waals surface area contributed by atoms with Gasteiger partial charge in [-0.05, 0) is 35.7 Å². The maximum Gasteiger partial charge on any atom is 0.265 e. The van der Waals surface area contributed by atoms with E-state index in [9.17, 15) is 9.59 Å². The van der Waals surface area contributed by atoms with Crippen LogP contribution in [-0.2, 0) is 17.9 Å². The Morgan fingerprint density at radius 1 is 0.974 bits per heavy atom. The molecule has 5 aromatic rings. The number of fused-ring (bicyclic) bond motifs is 2. The largest absolute Gasteiger partial charge is 0.334 e. The first-order valence-corrected chi connectivity index (χ1v) is 13.6. The minimum Gasteiger partial charge on any atom is -0.334 e. The van der Waals surface area contributed by atoms with Gasteiger partial charge in [0.25, 0.3) is 5.56 Å². The number of carbonyl (C=O) groups excluding carboxylic acids is 1. The van der Waals surface area contributed by atoms with Crippen molar-refractivity contribution in [2.75, 3.05) is 5.75 Å². The molecule has 0 saturated carbocycles. The van der Waals surface area contributed by atoms with E-state index in [2.05, 4.69) is 5.10 Å². The third kappa shape index (κ3) is 4.75. The third-order valence-corrected chi connectivity index (χ3v) is 7.91. The zero-order valence-corrected chi connectivity index (χ0v) is 21.8. The fourth-order valence-electron chi connectivity index (χ4n) is 4.90. The van der Waals surface area contributed by atoms with Crippen LogP contribution in [0.4, 0.5) is 0 Å². The Kier molecular flexibility index (Phi) is 6.55. The molecule has 1 atom stereocenters. The molecule has 3 aromatic carbocycles. The Hall–Kier alpha value is -4.17. The van der Waals surface area contributed by atoms with Gasteiger partial charge in [-0.1, -0.05) is 84.6 Å². The molecule has 2 aromatic heterocycles. The number of thioether (sulfide) groups is 1. The summed E-state index contributed by atoms with van der Waals surface area (Å²) in [5.74, 6) is 0.641. The van der Waals surface area contributed by atoms with Gasteiger partial charge in [0.05, 0.1) is 17.9 Å². The Bertz CT molecular complexity index is 1620. The maximum atomic E-state index is 13.7. The lowest BCUT2D eigenvalue weighted by Gasteiger charge is -2.25. The molecule has 0 aliphatic carbocycles. The highest BCUT2D eigenvalue weighted by Crippen LogP contribution is 2.34. The quantitative estimate of drug-likeness (QED) is 0.277. The standard InChI is InChI=1S/C30H27N5O2S/c1-21-9-8-14-24(15-21)35-28-26(17-31-35)29(37)34-25(20-38-30(34)32-28)16-27(36)33(18-22-10-4-2-5-11-22)19-23-12-6-3-7-13-23/h2-15,17,25H,16,18-20H2,1H3. The first-order valence-electron chi connectivity index (χ1n) is 12.6. The first kappa shape index (κ1) is 24.2. The summed E-state index contributed by atoms with van der Waals surface area (Å²) >= 11 is 1.52. The molecule has 38 heavy (non-hydrogen) atoms. The predicted molar refractivity (Wildman–Crippen MR) is 149 cm³/mol. The lowest BCUT2D eigenvalue weighted by molar-refractivity contribution is -0.133. The van der Waals surface area contributed by atoms with Crippen LogP contribution in [0, 0.1) is 6.92 Å². The van der Waals surface area contributed by atoms with Crippen molar-refractivity contribution in [3.8, 4) is 5.69 Å². The van der Waals surface area contributed by atoms with Crippen molar-refractivity contribution in [2.24, 2.45) is 0 Å². The van der Waals surface area contributed by atoms with Gasteiger partial charge >= 0.3 is 0 Å². The van der Waals surface area contributed by atoms with Crippen LogP contribution in [0.25, 0.3) is 16.7 Å². The van der Waals surface area contributed by atoms with Gasteiger partial charge in [-0.25, -0.2) is 9.67 Å². The molecule has 190 valence electrons. The molecular weight excluding hydrogens is 494 g/mol. The van der Waals surface area contributed by atoms with E-state index in [0.29, 0.717) is 35.0 Å². The molecule has 0 N–H and O–H groups in total. The highest BCUT2D eigenvalue weighted by molar-refractivity contribution is 7.99. The van der Waals surface area contributed by atoms with Crippen molar-refractivity contribution in [1.82, 2.24) is 24.2 Å². The van der Waals surface area contributed by atoms with Crippen LogP contribution in [0.3, 0.4) is 0 Å². The van der Waals surface area contributed by atoms with Crippen molar-refractivity contribution < 1.29 is 4.79 Å². The van der Waals surface area contributed by atoms with E-state index in [1.54, 1.807) is 15.4 Å². The van der Waals surface area contributed by atoms with Crippen molar-refractivity contribution in [1.29, 1.82) is 0 Å². The fraction of sp³-hybridized carbons (Fsp3) is 0.200. The van der Waals surface area contributed by atoms with Crippen LogP contribution in [-0.4, -0.2) is 35.9 Å². The number of hydrogen-bond acceptors (Lipinski definition) is 5. The Labute approximate surface area is 224 Å². The lowest BCUT2D eigenvalue weighted by atomic mass is 10.1. The predicted octanol–water partition coefficient (Wildman–Crippen LogP) is 5.16. The van der Waals surface area contributed by atoms with Gasteiger partial charge in [-0.15, -0.1) is 0 Å². The summed E-state index contributed by atoms with van der Waals surface area (Å²) in [6.45, 7) is 3.04. The molecule has 0 radical (unpaired) electrons. The number of amides is 1. The molecule has 7 nitrogen and oxygen atoms in total. The van der Waals surface area contributed by atoms with Crippen LogP contribution in [0.1, 0.15) is 29.2 Å². The molecule has 8 heteroatoms. The lowest BCUT2D eigenvalue weighted by Crippen LogP contribution is -2.34. The molecule has 0 saturated heterocycles.